The van der Waals surface area contributed by atoms with Crippen molar-refractivity contribution in [2.75, 3.05) is 5.32 Å². The van der Waals surface area contributed by atoms with Crippen LogP contribution in [-0.4, -0.2) is 12.0 Å². The number of benzene rings is 1. The van der Waals surface area contributed by atoms with Crippen LogP contribution in [0.15, 0.2) is 18.2 Å². The molecule has 1 aliphatic heterocycles. The van der Waals surface area contributed by atoms with Crippen LogP contribution in [-0.2, 0) is 4.79 Å². The summed E-state index contributed by atoms with van der Waals surface area (Å²) in [7, 11) is 0. The Bertz CT molecular complexity index is 423. The average Bonchev–Trinajstić information content (AvgIpc) is 2.19. The number of carbonyl (C=O) groups is 1. The van der Waals surface area contributed by atoms with Gasteiger partial charge in [0.25, 0.3) is 5.91 Å². The van der Waals surface area contributed by atoms with Crippen molar-refractivity contribution in [3.8, 4) is 5.75 Å². The molecular formula is C12H16FNO2. The lowest BCUT2D eigenvalue weighted by Crippen LogP contribution is -2.37. The fraction of sp³-hybridized carbons (Fsp3) is 0.417. The van der Waals surface area contributed by atoms with E-state index in [1.54, 1.807) is 0 Å². The first-order valence-electron chi connectivity index (χ1n) is 5.33. The summed E-state index contributed by atoms with van der Waals surface area (Å²) in [5.41, 5.74) is 0.534. The molecule has 0 aromatic heterocycles. The van der Waals surface area contributed by atoms with Gasteiger partial charge in [-0.05, 0) is 24.5 Å². The molecule has 1 unspecified atom stereocenters. The van der Waals surface area contributed by atoms with Gasteiger partial charge in [-0.15, -0.1) is 0 Å². The van der Waals surface area contributed by atoms with Crippen LogP contribution >= 0.6 is 0 Å². The normalized spacial score (nSPS) is 19.0. The highest BCUT2D eigenvalue weighted by Gasteiger charge is 2.28. The third-order valence-corrected chi connectivity index (χ3v) is 2.45. The zero-order valence-electron chi connectivity index (χ0n) is 9.29. The van der Waals surface area contributed by atoms with Gasteiger partial charge < -0.3 is 10.1 Å². The number of hydrogen-bond donors (Lipinski definition) is 1. The van der Waals surface area contributed by atoms with Crippen LogP contribution in [0.3, 0.4) is 0 Å². The summed E-state index contributed by atoms with van der Waals surface area (Å²) >= 11 is 0. The van der Waals surface area contributed by atoms with Crippen molar-refractivity contribution in [3.05, 3.63) is 24.0 Å². The maximum atomic E-state index is 13.0. The van der Waals surface area contributed by atoms with Gasteiger partial charge >= 0.3 is 0 Å². The summed E-state index contributed by atoms with van der Waals surface area (Å²) in [5.74, 6) is 0.238. The number of anilines is 1. The molecule has 0 saturated heterocycles. The van der Waals surface area contributed by atoms with Crippen LogP contribution in [0.2, 0.25) is 0 Å². The van der Waals surface area contributed by atoms with Crippen LogP contribution in [0, 0.1) is 11.7 Å². The van der Waals surface area contributed by atoms with E-state index >= 15 is 0 Å². The number of carbonyl (C=O) groups excluding carboxylic acids is 1. The van der Waals surface area contributed by atoms with Crippen LogP contribution in [0.1, 0.15) is 21.7 Å². The number of ether oxygens (including phenoxy) is 1. The maximum absolute atomic E-state index is 13.0. The van der Waals surface area contributed by atoms with Gasteiger partial charge in [0.15, 0.2) is 6.10 Å². The molecule has 0 saturated carbocycles. The van der Waals surface area contributed by atoms with E-state index in [2.05, 4.69) is 5.32 Å². The SMILES string of the molecule is CC(C)CC1Oc2cc(F)ccc2NC1=O.[HH]. The van der Waals surface area contributed by atoms with Crippen molar-refractivity contribution in [2.45, 2.75) is 26.4 Å². The number of halogens is 1. The van der Waals surface area contributed by atoms with Crippen LogP contribution in [0.25, 0.3) is 0 Å². The predicted octanol–water partition coefficient (Wildman–Crippen LogP) is 2.82. The Morgan fingerprint density at radius 3 is 3.00 bits per heavy atom. The molecule has 3 nitrogen and oxygen atoms in total. The van der Waals surface area contributed by atoms with Gasteiger partial charge in [0, 0.05) is 7.49 Å². The lowest BCUT2D eigenvalue weighted by atomic mass is 10.0. The molecule has 0 bridgehead atoms. The molecule has 4 heteroatoms. The quantitative estimate of drug-likeness (QED) is 0.840. The molecule has 1 aliphatic rings. The minimum Gasteiger partial charge on any atom is -0.478 e. The monoisotopic (exact) mass is 225 g/mol. The van der Waals surface area contributed by atoms with E-state index in [0.29, 0.717) is 23.8 Å². The average molecular weight is 225 g/mol. The Kier molecular flexibility index (Phi) is 2.81. The van der Waals surface area contributed by atoms with E-state index in [-0.39, 0.29) is 13.2 Å². The number of rotatable bonds is 2. The van der Waals surface area contributed by atoms with E-state index in [1.165, 1.54) is 18.2 Å². The van der Waals surface area contributed by atoms with Gasteiger partial charge in [0.1, 0.15) is 11.6 Å². The topological polar surface area (TPSA) is 38.3 Å². The van der Waals surface area contributed by atoms with Gasteiger partial charge in [-0.25, -0.2) is 4.39 Å². The number of fused-ring (bicyclic) bond motifs is 1. The van der Waals surface area contributed by atoms with Crippen molar-refractivity contribution in [1.82, 2.24) is 0 Å². The van der Waals surface area contributed by atoms with Crippen molar-refractivity contribution in [2.24, 2.45) is 5.92 Å². The molecule has 0 spiro atoms. The molecule has 1 aromatic rings. The lowest BCUT2D eigenvalue weighted by molar-refractivity contribution is -0.124. The smallest absolute Gasteiger partial charge is 0.265 e. The summed E-state index contributed by atoms with van der Waals surface area (Å²) in [6.07, 6.45) is 0.108. The minimum absolute atomic E-state index is 0. The van der Waals surface area contributed by atoms with Gasteiger partial charge in [-0.2, -0.15) is 0 Å². The van der Waals surface area contributed by atoms with Crippen molar-refractivity contribution in [3.63, 3.8) is 0 Å². The predicted molar refractivity (Wildman–Crippen MR) is 61.0 cm³/mol. The van der Waals surface area contributed by atoms with Gasteiger partial charge in [-0.3, -0.25) is 4.79 Å². The van der Waals surface area contributed by atoms with Gasteiger partial charge in [0.2, 0.25) is 0 Å². The molecular weight excluding hydrogens is 209 g/mol. The molecule has 1 atom stereocenters. The summed E-state index contributed by atoms with van der Waals surface area (Å²) in [4.78, 5) is 11.6. The molecule has 1 heterocycles. The molecule has 2 rings (SSSR count). The third-order valence-electron chi connectivity index (χ3n) is 2.45. The maximum Gasteiger partial charge on any atom is 0.265 e. The van der Waals surface area contributed by atoms with E-state index in [4.69, 9.17) is 4.74 Å². The van der Waals surface area contributed by atoms with Crippen molar-refractivity contribution in [1.29, 1.82) is 0 Å². The number of amides is 1. The summed E-state index contributed by atoms with van der Waals surface area (Å²) < 4.78 is 18.5. The standard InChI is InChI=1S/C12H14FNO2.H2/c1-7(2)5-11-12(15)14-9-4-3-8(13)6-10(9)16-11;/h3-4,6-7,11H,5H2,1-2H3,(H,14,15);1H. The highest BCUT2D eigenvalue weighted by Crippen LogP contribution is 2.31. The third kappa shape index (κ3) is 2.15. The van der Waals surface area contributed by atoms with Crippen LogP contribution in [0.5, 0.6) is 5.75 Å². The Morgan fingerprint density at radius 2 is 2.31 bits per heavy atom. The van der Waals surface area contributed by atoms with Crippen LogP contribution < -0.4 is 10.1 Å². The Hall–Kier alpha value is -1.58. The zero-order valence-corrected chi connectivity index (χ0v) is 9.29. The highest BCUT2D eigenvalue weighted by atomic mass is 19.1. The van der Waals surface area contributed by atoms with E-state index in [9.17, 15) is 9.18 Å². The molecule has 0 fully saturated rings. The molecule has 16 heavy (non-hydrogen) atoms. The van der Waals surface area contributed by atoms with E-state index < -0.39 is 6.10 Å². The second-order valence-corrected chi connectivity index (χ2v) is 4.37. The molecule has 1 aromatic carbocycles. The largest absolute Gasteiger partial charge is 0.478 e. The highest BCUT2D eigenvalue weighted by molar-refractivity contribution is 5.97. The first-order chi connectivity index (χ1) is 7.56. The summed E-state index contributed by atoms with van der Waals surface area (Å²) in [5, 5.41) is 2.71. The first-order valence-corrected chi connectivity index (χ1v) is 5.33. The Labute approximate surface area is 95.1 Å². The van der Waals surface area contributed by atoms with E-state index in [0.717, 1.165) is 0 Å². The summed E-state index contributed by atoms with van der Waals surface area (Å²) in [6, 6.07) is 4.10. The second-order valence-electron chi connectivity index (χ2n) is 4.37. The zero-order chi connectivity index (χ0) is 11.7. The fourth-order valence-corrected chi connectivity index (χ4v) is 1.70. The number of hydrogen-bond acceptors (Lipinski definition) is 2. The van der Waals surface area contributed by atoms with Crippen LogP contribution in [0.4, 0.5) is 10.1 Å². The van der Waals surface area contributed by atoms with Crippen molar-refractivity contribution >= 4 is 11.6 Å². The van der Waals surface area contributed by atoms with Gasteiger partial charge in [-0.1, -0.05) is 13.8 Å². The fourth-order valence-electron chi connectivity index (χ4n) is 1.70. The molecule has 0 radical (unpaired) electrons. The van der Waals surface area contributed by atoms with Gasteiger partial charge in [0.05, 0.1) is 5.69 Å². The Morgan fingerprint density at radius 1 is 1.56 bits per heavy atom. The lowest BCUT2D eigenvalue weighted by Gasteiger charge is -2.26. The first kappa shape index (κ1) is 10.9. The van der Waals surface area contributed by atoms with E-state index in [1.807, 2.05) is 13.8 Å². The molecule has 1 amide bonds. The summed E-state index contributed by atoms with van der Waals surface area (Å²) in [6.45, 7) is 4.02. The van der Waals surface area contributed by atoms with Crippen molar-refractivity contribution < 1.29 is 15.3 Å². The second kappa shape index (κ2) is 4.12. The number of nitrogens with one attached hydrogen (secondary N) is 1. The molecule has 1 N–H and O–H groups in total. The molecule has 88 valence electrons. The molecule has 0 aliphatic carbocycles. The minimum atomic E-state index is -0.519. The Balaban J connectivity index is 0.00000144.